The number of carbonyl (C=O) groups excluding carboxylic acids is 4. The third-order valence-electron chi connectivity index (χ3n) is 5.41. The number of hydrogen-bond acceptors (Lipinski definition) is 11. The molecule has 0 saturated carbocycles. The van der Waals surface area contributed by atoms with Crippen molar-refractivity contribution >= 4 is 23.9 Å². The molecule has 11 nitrogen and oxygen atoms in total. The summed E-state index contributed by atoms with van der Waals surface area (Å²) in [5.74, 6) is -2.15. The van der Waals surface area contributed by atoms with Crippen LogP contribution < -0.4 is 0 Å². The van der Waals surface area contributed by atoms with E-state index in [1.54, 1.807) is 0 Å². The van der Waals surface area contributed by atoms with Crippen LogP contribution in [0.4, 0.5) is 0 Å². The zero-order chi connectivity index (χ0) is 32.9. The highest BCUT2D eigenvalue weighted by atomic mass is 16.6. The Morgan fingerprint density at radius 2 is 0.932 bits per heavy atom. The molecule has 44 heavy (non-hydrogen) atoms. The van der Waals surface area contributed by atoms with Gasteiger partial charge >= 0.3 is 23.9 Å². The quantitative estimate of drug-likeness (QED) is 0.265. The van der Waals surface area contributed by atoms with E-state index in [4.69, 9.17) is 24.8 Å². The number of aliphatic hydroxyl groups is 3. The zero-order valence-electron chi connectivity index (χ0n) is 25.2. The summed E-state index contributed by atoms with van der Waals surface area (Å²) in [7, 11) is 0. The molecule has 0 amide bonds. The van der Waals surface area contributed by atoms with Crippen LogP contribution in [0, 0.1) is 0 Å². The molecule has 3 N–H and O–H groups in total. The average molecular weight is 613 g/mol. The van der Waals surface area contributed by atoms with E-state index < -0.39 is 48.3 Å². The Morgan fingerprint density at radius 3 is 1.18 bits per heavy atom. The number of rotatable bonds is 7. The predicted molar refractivity (Wildman–Crippen MR) is 159 cm³/mol. The van der Waals surface area contributed by atoms with Gasteiger partial charge in [0.05, 0.1) is 6.61 Å². The number of benzene rings is 3. The van der Waals surface area contributed by atoms with Crippen LogP contribution in [0.5, 0.6) is 0 Å². The third-order valence-corrected chi connectivity index (χ3v) is 5.41. The molecule has 1 aliphatic heterocycles. The van der Waals surface area contributed by atoms with E-state index in [9.17, 15) is 19.2 Å². The normalized spacial score (nSPS) is 16.3. The minimum Gasteiger partial charge on any atom is -0.459 e. The van der Waals surface area contributed by atoms with E-state index >= 15 is 0 Å². The van der Waals surface area contributed by atoms with E-state index in [-0.39, 0.29) is 19.8 Å². The van der Waals surface area contributed by atoms with E-state index in [0.717, 1.165) is 16.7 Å². The van der Waals surface area contributed by atoms with E-state index in [1.165, 1.54) is 27.7 Å². The molecule has 0 unspecified atom stereocenters. The smallest absolute Gasteiger partial charge is 0.347 e. The number of aliphatic hydroxyl groups excluding tert-OH is 3. The summed E-state index contributed by atoms with van der Waals surface area (Å²) in [6.07, 6.45) is -3.60. The monoisotopic (exact) mass is 612 g/mol. The summed E-state index contributed by atoms with van der Waals surface area (Å²) in [6.45, 7) is 6.29. The molecule has 4 atom stereocenters. The minimum absolute atomic E-state index is 0.140. The maximum absolute atomic E-state index is 10.8. The molecule has 238 valence electrons. The molecule has 0 aliphatic carbocycles. The Labute approximate surface area is 257 Å². The molecular formula is C33H40O11. The van der Waals surface area contributed by atoms with Crippen LogP contribution in [-0.4, -0.2) is 63.6 Å². The molecule has 0 aromatic heterocycles. The first-order valence-electron chi connectivity index (χ1n) is 13.8. The molecule has 0 spiro atoms. The first kappa shape index (κ1) is 37.4. The molecule has 3 aromatic carbocycles. The average Bonchev–Trinajstić information content (AvgIpc) is 3.03. The second-order valence-corrected chi connectivity index (χ2v) is 9.34. The van der Waals surface area contributed by atoms with Crippen molar-refractivity contribution < 1.29 is 53.4 Å². The fourth-order valence-electron chi connectivity index (χ4n) is 2.92. The van der Waals surface area contributed by atoms with Crippen molar-refractivity contribution in [3.05, 3.63) is 108 Å². The van der Waals surface area contributed by atoms with Crippen molar-refractivity contribution in [1.82, 2.24) is 0 Å². The van der Waals surface area contributed by atoms with Crippen molar-refractivity contribution in [2.75, 3.05) is 0 Å². The van der Waals surface area contributed by atoms with Gasteiger partial charge < -0.3 is 34.3 Å². The molecule has 1 aliphatic rings. The number of cyclic esters (lactones) is 2. The van der Waals surface area contributed by atoms with Crippen LogP contribution in [-0.2, 0) is 57.9 Å². The summed E-state index contributed by atoms with van der Waals surface area (Å²) in [4.78, 5) is 43.0. The lowest BCUT2D eigenvalue weighted by molar-refractivity contribution is -0.191. The van der Waals surface area contributed by atoms with Gasteiger partial charge in [0.15, 0.2) is 12.2 Å². The fraction of sp³-hybridized carbons (Fsp3) is 0.333. The fourth-order valence-corrected chi connectivity index (χ4v) is 2.92. The van der Waals surface area contributed by atoms with Crippen LogP contribution in [0.15, 0.2) is 91.0 Å². The van der Waals surface area contributed by atoms with Crippen molar-refractivity contribution in [3.8, 4) is 0 Å². The SMILES string of the molecule is C[C@@H](O)C(=O)OCc1ccccc1.C[C@@H](O)C(=O)OCc1ccccc1.C[C@@H]1OC(=O)[C@H](C)OC1=O.OCc1ccccc1. The van der Waals surface area contributed by atoms with Gasteiger partial charge in [-0.2, -0.15) is 0 Å². The van der Waals surface area contributed by atoms with E-state index in [1.807, 2.05) is 91.0 Å². The van der Waals surface area contributed by atoms with E-state index in [2.05, 4.69) is 9.47 Å². The summed E-state index contributed by atoms with van der Waals surface area (Å²) >= 11 is 0. The Kier molecular flexibility index (Phi) is 18.0. The Hall–Kier alpha value is -4.58. The highest BCUT2D eigenvalue weighted by Gasteiger charge is 2.32. The number of hydrogen-bond donors (Lipinski definition) is 3. The van der Waals surface area contributed by atoms with Crippen molar-refractivity contribution in [1.29, 1.82) is 0 Å². The van der Waals surface area contributed by atoms with Gasteiger partial charge in [0.25, 0.3) is 0 Å². The van der Waals surface area contributed by atoms with Crippen molar-refractivity contribution in [2.24, 2.45) is 0 Å². The summed E-state index contributed by atoms with van der Waals surface area (Å²) in [5.41, 5.74) is 2.79. The number of esters is 4. The molecule has 0 radical (unpaired) electrons. The lowest BCUT2D eigenvalue weighted by Crippen LogP contribution is -2.40. The van der Waals surface area contributed by atoms with Gasteiger partial charge in [0.2, 0.25) is 0 Å². The molecule has 11 heteroatoms. The van der Waals surface area contributed by atoms with Gasteiger partial charge in [-0.15, -0.1) is 0 Å². The van der Waals surface area contributed by atoms with Crippen LogP contribution in [0.2, 0.25) is 0 Å². The first-order valence-corrected chi connectivity index (χ1v) is 13.8. The summed E-state index contributed by atoms with van der Waals surface area (Å²) in [6, 6.07) is 28.2. The van der Waals surface area contributed by atoms with Gasteiger partial charge in [-0.1, -0.05) is 91.0 Å². The van der Waals surface area contributed by atoms with Gasteiger partial charge in [-0.3, -0.25) is 0 Å². The zero-order valence-corrected chi connectivity index (χ0v) is 25.2. The van der Waals surface area contributed by atoms with E-state index in [0.29, 0.717) is 0 Å². The number of carbonyl (C=O) groups is 4. The molecule has 1 fully saturated rings. The molecule has 0 bridgehead atoms. The van der Waals surface area contributed by atoms with Crippen molar-refractivity contribution in [3.63, 3.8) is 0 Å². The molecular weight excluding hydrogens is 572 g/mol. The summed E-state index contributed by atoms with van der Waals surface area (Å²) < 4.78 is 18.8. The summed E-state index contributed by atoms with van der Waals surface area (Å²) in [5, 5.41) is 26.2. The highest BCUT2D eigenvalue weighted by Crippen LogP contribution is 2.08. The van der Waals surface area contributed by atoms with Crippen molar-refractivity contribution in [2.45, 2.75) is 71.9 Å². The van der Waals surface area contributed by atoms with Gasteiger partial charge in [-0.05, 0) is 44.4 Å². The van der Waals surface area contributed by atoms with Crippen LogP contribution in [0.3, 0.4) is 0 Å². The number of ether oxygens (including phenoxy) is 4. The van der Waals surface area contributed by atoms with Crippen LogP contribution >= 0.6 is 0 Å². The Balaban J connectivity index is 0.000000298. The predicted octanol–water partition coefficient (Wildman–Crippen LogP) is 3.26. The lowest BCUT2D eigenvalue weighted by atomic mass is 10.2. The second-order valence-electron chi connectivity index (χ2n) is 9.34. The molecule has 3 aromatic rings. The Bertz CT molecular complexity index is 1170. The van der Waals surface area contributed by atoms with Crippen LogP contribution in [0.1, 0.15) is 44.4 Å². The minimum atomic E-state index is -1.05. The molecule has 1 heterocycles. The molecule has 4 rings (SSSR count). The second kappa shape index (κ2) is 21.2. The first-order chi connectivity index (χ1) is 20.9. The standard InChI is InChI=1S/2C10H12O3.C7H8O.C6H8O4/c2*1-8(11)10(12)13-7-9-5-3-2-4-6-9;8-6-7-4-2-1-3-5-7;1-3-5(7)10-4(2)6(8)9-3/h2*2-6,8,11H,7H2,1H3;1-5,8H,6H2;3-4H,1-2H3/t2*8-;;3-,4-/m11.0/s1. The maximum atomic E-state index is 10.8. The topological polar surface area (TPSA) is 166 Å². The van der Waals surface area contributed by atoms with Gasteiger partial charge in [0, 0.05) is 0 Å². The third kappa shape index (κ3) is 16.2. The largest absolute Gasteiger partial charge is 0.459 e. The van der Waals surface area contributed by atoms with Crippen LogP contribution in [0.25, 0.3) is 0 Å². The van der Waals surface area contributed by atoms with Gasteiger partial charge in [0.1, 0.15) is 25.4 Å². The molecule has 1 saturated heterocycles. The lowest BCUT2D eigenvalue weighted by Gasteiger charge is -2.22. The maximum Gasteiger partial charge on any atom is 0.347 e. The Morgan fingerprint density at radius 1 is 0.636 bits per heavy atom. The van der Waals surface area contributed by atoms with Gasteiger partial charge in [-0.25, -0.2) is 19.2 Å². The highest BCUT2D eigenvalue weighted by molar-refractivity contribution is 5.86.